The Morgan fingerprint density at radius 2 is 1.94 bits per heavy atom. The molecule has 2 nitrogen and oxygen atoms in total. The lowest BCUT2D eigenvalue weighted by molar-refractivity contribution is 0.581. The maximum atomic E-state index is 14.0. The lowest BCUT2D eigenvalue weighted by atomic mass is 10.1. The minimum Gasteiger partial charge on any atom is -0.367 e. The SMILES string of the molecule is CCC(C)N(CC)c1ccc([C@H](C)N)cc1F. The van der Waals surface area contributed by atoms with Gasteiger partial charge in [-0.2, -0.15) is 0 Å². The number of halogens is 1. The fraction of sp³-hybridized carbons (Fsp3) is 0.571. The van der Waals surface area contributed by atoms with Gasteiger partial charge in [0.05, 0.1) is 5.69 Å². The van der Waals surface area contributed by atoms with Gasteiger partial charge in [0.25, 0.3) is 0 Å². The van der Waals surface area contributed by atoms with Gasteiger partial charge in [0.15, 0.2) is 0 Å². The van der Waals surface area contributed by atoms with Gasteiger partial charge in [0.1, 0.15) is 5.82 Å². The lowest BCUT2D eigenvalue weighted by Gasteiger charge is -2.30. The zero-order valence-corrected chi connectivity index (χ0v) is 11.2. The second-order valence-corrected chi connectivity index (χ2v) is 4.54. The minimum atomic E-state index is -0.179. The molecule has 1 rings (SSSR count). The highest BCUT2D eigenvalue weighted by molar-refractivity contribution is 5.50. The quantitative estimate of drug-likeness (QED) is 0.851. The van der Waals surface area contributed by atoms with Crippen LogP contribution in [0.4, 0.5) is 10.1 Å². The Bertz CT molecular complexity index is 363. The summed E-state index contributed by atoms with van der Waals surface area (Å²) >= 11 is 0. The van der Waals surface area contributed by atoms with E-state index in [0.717, 1.165) is 18.5 Å². The van der Waals surface area contributed by atoms with Crippen LogP contribution in [0.5, 0.6) is 0 Å². The van der Waals surface area contributed by atoms with Crippen LogP contribution in [-0.4, -0.2) is 12.6 Å². The highest BCUT2D eigenvalue weighted by Crippen LogP contribution is 2.25. The number of nitrogens with two attached hydrogens (primary N) is 1. The molecule has 0 aliphatic carbocycles. The van der Waals surface area contributed by atoms with Crippen molar-refractivity contribution >= 4 is 5.69 Å². The molecule has 1 aromatic rings. The molecule has 1 aromatic carbocycles. The van der Waals surface area contributed by atoms with E-state index in [1.54, 1.807) is 6.07 Å². The second-order valence-electron chi connectivity index (χ2n) is 4.54. The van der Waals surface area contributed by atoms with Gasteiger partial charge in [0.2, 0.25) is 0 Å². The summed E-state index contributed by atoms with van der Waals surface area (Å²) in [6.07, 6.45) is 1.00. The van der Waals surface area contributed by atoms with Crippen LogP contribution in [0.2, 0.25) is 0 Å². The molecule has 0 amide bonds. The molecule has 96 valence electrons. The summed E-state index contributed by atoms with van der Waals surface area (Å²) < 4.78 is 14.0. The fourth-order valence-electron chi connectivity index (χ4n) is 1.98. The third kappa shape index (κ3) is 3.19. The van der Waals surface area contributed by atoms with Gasteiger partial charge in [-0.25, -0.2) is 4.39 Å². The highest BCUT2D eigenvalue weighted by Gasteiger charge is 2.15. The standard InChI is InChI=1S/C14H23FN2/c1-5-10(3)17(6-2)14-8-7-12(11(4)16)9-13(14)15/h7-11H,5-6,16H2,1-4H3/t10?,11-/m0/s1. The first-order chi connectivity index (χ1) is 8.01. The van der Waals surface area contributed by atoms with Crippen LogP contribution in [0.25, 0.3) is 0 Å². The molecule has 0 heterocycles. The van der Waals surface area contributed by atoms with Gasteiger partial charge < -0.3 is 10.6 Å². The van der Waals surface area contributed by atoms with Crippen molar-refractivity contribution in [2.24, 2.45) is 5.73 Å². The molecule has 2 N–H and O–H groups in total. The van der Waals surface area contributed by atoms with Crippen LogP contribution in [0.1, 0.15) is 45.7 Å². The number of hydrogen-bond donors (Lipinski definition) is 1. The van der Waals surface area contributed by atoms with E-state index in [2.05, 4.69) is 18.7 Å². The number of nitrogens with zero attached hydrogens (tertiary/aromatic N) is 1. The molecular weight excluding hydrogens is 215 g/mol. The third-order valence-electron chi connectivity index (χ3n) is 3.27. The van der Waals surface area contributed by atoms with Crippen molar-refractivity contribution in [3.63, 3.8) is 0 Å². The molecule has 0 spiro atoms. The number of anilines is 1. The molecule has 0 fully saturated rings. The normalized spacial score (nSPS) is 14.5. The molecule has 17 heavy (non-hydrogen) atoms. The maximum Gasteiger partial charge on any atom is 0.146 e. The third-order valence-corrected chi connectivity index (χ3v) is 3.27. The second kappa shape index (κ2) is 6.01. The maximum absolute atomic E-state index is 14.0. The van der Waals surface area contributed by atoms with E-state index >= 15 is 0 Å². The van der Waals surface area contributed by atoms with Crippen molar-refractivity contribution in [2.75, 3.05) is 11.4 Å². The van der Waals surface area contributed by atoms with E-state index in [-0.39, 0.29) is 11.9 Å². The van der Waals surface area contributed by atoms with E-state index in [4.69, 9.17) is 5.73 Å². The molecule has 0 bridgehead atoms. The number of hydrogen-bond acceptors (Lipinski definition) is 2. The molecule has 1 unspecified atom stereocenters. The predicted octanol–water partition coefficient (Wildman–Crippen LogP) is 3.47. The molecular formula is C14H23FN2. The molecule has 0 saturated heterocycles. The number of benzene rings is 1. The molecule has 0 radical (unpaired) electrons. The average molecular weight is 238 g/mol. The smallest absolute Gasteiger partial charge is 0.146 e. The number of rotatable bonds is 5. The minimum absolute atomic E-state index is 0.128. The molecule has 2 atom stereocenters. The van der Waals surface area contributed by atoms with Crippen molar-refractivity contribution < 1.29 is 4.39 Å². The average Bonchev–Trinajstić information content (AvgIpc) is 2.31. The molecule has 0 aliphatic rings. The Balaban J connectivity index is 3.05. The monoisotopic (exact) mass is 238 g/mol. The van der Waals surface area contributed by atoms with Crippen LogP contribution in [0.3, 0.4) is 0 Å². The van der Waals surface area contributed by atoms with Crippen LogP contribution < -0.4 is 10.6 Å². The van der Waals surface area contributed by atoms with E-state index in [1.807, 2.05) is 26.0 Å². The lowest BCUT2D eigenvalue weighted by Crippen LogP contribution is -2.33. The first kappa shape index (κ1) is 14.0. The van der Waals surface area contributed by atoms with Crippen LogP contribution in [0.15, 0.2) is 18.2 Å². The van der Waals surface area contributed by atoms with Gasteiger partial charge in [0, 0.05) is 18.6 Å². The van der Waals surface area contributed by atoms with Crippen LogP contribution in [0, 0.1) is 5.82 Å². The van der Waals surface area contributed by atoms with E-state index < -0.39 is 0 Å². The van der Waals surface area contributed by atoms with Crippen molar-refractivity contribution in [1.29, 1.82) is 0 Å². The van der Waals surface area contributed by atoms with Crippen LogP contribution in [-0.2, 0) is 0 Å². The topological polar surface area (TPSA) is 29.3 Å². The Hall–Kier alpha value is -1.09. The Morgan fingerprint density at radius 1 is 1.29 bits per heavy atom. The zero-order valence-electron chi connectivity index (χ0n) is 11.2. The van der Waals surface area contributed by atoms with Crippen molar-refractivity contribution in [3.05, 3.63) is 29.6 Å². The zero-order chi connectivity index (χ0) is 13.0. The summed E-state index contributed by atoms with van der Waals surface area (Å²) in [5.41, 5.74) is 7.26. The summed E-state index contributed by atoms with van der Waals surface area (Å²) in [5.74, 6) is -0.179. The molecule has 0 aliphatic heterocycles. The first-order valence-corrected chi connectivity index (χ1v) is 6.32. The summed E-state index contributed by atoms with van der Waals surface area (Å²) in [4.78, 5) is 2.08. The molecule has 0 saturated carbocycles. The summed E-state index contributed by atoms with van der Waals surface area (Å²) in [6.45, 7) is 8.94. The largest absolute Gasteiger partial charge is 0.367 e. The van der Waals surface area contributed by atoms with Crippen LogP contribution >= 0.6 is 0 Å². The first-order valence-electron chi connectivity index (χ1n) is 6.32. The highest BCUT2D eigenvalue weighted by atomic mass is 19.1. The summed E-state index contributed by atoms with van der Waals surface area (Å²) in [7, 11) is 0. The fourth-order valence-corrected chi connectivity index (χ4v) is 1.98. The van der Waals surface area contributed by atoms with Gasteiger partial charge in [-0.1, -0.05) is 13.0 Å². The molecule has 0 aromatic heterocycles. The van der Waals surface area contributed by atoms with Gasteiger partial charge >= 0.3 is 0 Å². The Kier molecular flexibility index (Phi) is 4.94. The Labute approximate surface area is 104 Å². The van der Waals surface area contributed by atoms with E-state index in [9.17, 15) is 4.39 Å². The van der Waals surface area contributed by atoms with Crippen molar-refractivity contribution in [3.8, 4) is 0 Å². The van der Waals surface area contributed by atoms with E-state index in [1.165, 1.54) is 0 Å². The summed E-state index contributed by atoms with van der Waals surface area (Å²) in [5, 5.41) is 0. The van der Waals surface area contributed by atoms with Gasteiger partial charge in [-0.3, -0.25) is 0 Å². The van der Waals surface area contributed by atoms with Crippen molar-refractivity contribution in [2.45, 2.75) is 46.2 Å². The predicted molar refractivity (Wildman–Crippen MR) is 71.8 cm³/mol. The van der Waals surface area contributed by atoms with Gasteiger partial charge in [-0.05, 0) is 44.9 Å². The van der Waals surface area contributed by atoms with Gasteiger partial charge in [-0.15, -0.1) is 0 Å². The Morgan fingerprint density at radius 3 is 2.35 bits per heavy atom. The van der Waals surface area contributed by atoms with E-state index in [0.29, 0.717) is 11.7 Å². The summed E-state index contributed by atoms with van der Waals surface area (Å²) in [6, 6.07) is 5.51. The van der Waals surface area contributed by atoms with Crippen molar-refractivity contribution in [1.82, 2.24) is 0 Å². The molecule has 3 heteroatoms.